The highest BCUT2D eigenvalue weighted by molar-refractivity contribution is 8.08. The van der Waals surface area contributed by atoms with Gasteiger partial charge >= 0.3 is 0 Å². The summed E-state index contributed by atoms with van der Waals surface area (Å²) in [6.45, 7) is 4.38. The summed E-state index contributed by atoms with van der Waals surface area (Å²) in [4.78, 5) is 17.0. The van der Waals surface area contributed by atoms with Gasteiger partial charge in [0.1, 0.15) is 5.82 Å². The van der Waals surface area contributed by atoms with Crippen molar-refractivity contribution in [2.45, 2.75) is 0 Å². The van der Waals surface area contributed by atoms with Crippen LogP contribution in [0.25, 0.3) is 4.91 Å². The topological polar surface area (TPSA) is 35.5 Å². The third-order valence-corrected chi connectivity index (χ3v) is 5.55. The second kappa shape index (κ2) is 6.83. The summed E-state index contributed by atoms with van der Waals surface area (Å²) in [5.41, 5.74) is 2.48. The highest BCUT2D eigenvalue weighted by atomic mass is 32.2. The van der Waals surface area contributed by atoms with Gasteiger partial charge in [0.2, 0.25) is 0 Å². The monoisotopic (exact) mass is 339 g/mol. The Morgan fingerprint density at radius 3 is 2.58 bits per heavy atom. The summed E-state index contributed by atoms with van der Waals surface area (Å²) in [5.74, 6) is 1.92. The predicted octanol–water partition coefficient (Wildman–Crippen LogP) is 2.74. The number of aromatic nitrogens is 2. The van der Waals surface area contributed by atoms with Gasteiger partial charge in [-0.15, -0.1) is 11.8 Å². The molecule has 0 amide bonds. The van der Waals surface area contributed by atoms with Gasteiger partial charge in [0.05, 0.1) is 5.88 Å². The first-order valence-corrected chi connectivity index (χ1v) is 9.19. The van der Waals surface area contributed by atoms with Crippen molar-refractivity contribution in [3.8, 4) is 0 Å². The van der Waals surface area contributed by atoms with Crippen LogP contribution in [0.3, 0.4) is 0 Å². The van der Waals surface area contributed by atoms with Gasteiger partial charge in [-0.3, -0.25) is 4.98 Å². The van der Waals surface area contributed by atoms with E-state index in [1.54, 1.807) is 0 Å². The largest absolute Gasteiger partial charge is 0.369 e. The van der Waals surface area contributed by atoms with Crippen molar-refractivity contribution in [2.24, 2.45) is 0 Å². The molecule has 6 heteroatoms. The van der Waals surface area contributed by atoms with Crippen LogP contribution in [0.2, 0.25) is 0 Å². The Morgan fingerprint density at radius 2 is 1.79 bits per heavy atom. The molecule has 1 fully saturated rings. The first kappa shape index (κ1) is 15.5. The van der Waals surface area contributed by atoms with Crippen molar-refractivity contribution in [1.82, 2.24) is 14.9 Å². The first-order valence-electron chi connectivity index (χ1n) is 8.21. The number of piperazine rings is 1. The summed E-state index contributed by atoms with van der Waals surface area (Å²) >= 11 is 1.84. The molecule has 0 spiro atoms. The van der Waals surface area contributed by atoms with Gasteiger partial charge < -0.3 is 14.7 Å². The highest BCUT2D eigenvalue weighted by Crippen LogP contribution is 2.36. The second-order valence-corrected chi connectivity index (χ2v) is 7.12. The van der Waals surface area contributed by atoms with Crippen LogP contribution in [-0.4, -0.2) is 54.0 Å². The maximum absolute atomic E-state index is 4.58. The SMILES string of the molecule is CN1CCN(c2ccnc(N3C=C(c4ccncc4)SC3)c2)CC1. The zero-order chi connectivity index (χ0) is 16.4. The molecule has 0 aliphatic carbocycles. The molecule has 2 aromatic heterocycles. The minimum Gasteiger partial charge on any atom is -0.369 e. The second-order valence-electron chi connectivity index (χ2n) is 6.14. The van der Waals surface area contributed by atoms with Crippen molar-refractivity contribution >= 4 is 28.2 Å². The lowest BCUT2D eigenvalue weighted by atomic mass is 10.2. The van der Waals surface area contributed by atoms with Gasteiger partial charge in [0.25, 0.3) is 0 Å². The molecule has 0 atom stereocenters. The summed E-state index contributed by atoms with van der Waals surface area (Å²) in [7, 11) is 2.18. The van der Waals surface area contributed by atoms with Crippen LogP contribution >= 0.6 is 11.8 Å². The zero-order valence-corrected chi connectivity index (χ0v) is 14.6. The van der Waals surface area contributed by atoms with E-state index in [2.05, 4.69) is 62.2 Å². The molecule has 0 aromatic carbocycles. The Balaban J connectivity index is 1.53. The molecule has 124 valence electrons. The Morgan fingerprint density at radius 1 is 1.00 bits per heavy atom. The van der Waals surface area contributed by atoms with E-state index in [-0.39, 0.29) is 0 Å². The molecular weight excluding hydrogens is 318 g/mol. The van der Waals surface area contributed by atoms with Gasteiger partial charge in [-0.05, 0) is 30.8 Å². The first-order chi connectivity index (χ1) is 11.8. The van der Waals surface area contributed by atoms with E-state index in [0.29, 0.717) is 0 Å². The van der Waals surface area contributed by atoms with Crippen LogP contribution in [0.4, 0.5) is 11.5 Å². The van der Waals surface area contributed by atoms with Gasteiger partial charge in [-0.1, -0.05) is 0 Å². The number of likely N-dealkylation sites (N-methyl/N-ethyl adjacent to an activating group) is 1. The molecule has 0 saturated carbocycles. The Hall–Kier alpha value is -2.05. The van der Waals surface area contributed by atoms with Gasteiger partial charge in [0.15, 0.2) is 0 Å². The van der Waals surface area contributed by atoms with Crippen molar-refractivity contribution in [1.29, 1.82) is 0 Å². The number of nitrogens with zero attached hydrogens (tertiary/aromatic N) is 5. The maximum Gasteiger partial charge on any atom is 0.135 e. The molecule has 5 nitrogen and oxygen atoms in total. The molecule has 4 rings (SSSR count). The number of anilines is 2. The third-order valence-electron chi connectivity index (χ3n) is 4.49. The van der Waals surface area contributed by atoms with Crippen LogP contribution in [0.5, 0.6) is 0 Å². The molecule has 2 aromatic rings. The highest BCUT2D eigenvalue weighted by Gasteiger charge is 2.19. The van der Waals surface area contributed by atoms with Crippen LogP contribution in [-0.2, 0) is 0 Å². The minimum atomic E-state index is 0.900. The molecular formula is C18H21N5S. The van der Waals surface area contributed by atoms with Gasteiger partial charge in [0, 0.05) is 67.6 Å². The summed E-state index contributed by atoms with van der Waals surface area (Å²) in [6, 6.07) is 8.43. The zero-order valence-electron chi connectivity index (χ0n) is 13.8. The average Bonchev–Trinajstić information content (AvgIpc) is 3.13. The van der Waals surface area contributed by atoms with Crippen molar-refractivity contribution in [2.75, 3.05) is 48.9 Å². The van der Waals surface area contributed by atoms with Crippen LogP contribution < -0.4 is 9.80 Å². The lowest BCUT2D eigenvalue weighted by molar-refractivity contribution is 0.313. The lowest BCUT2D eigenvalue weighted by Crippen LogP contribution is -2.44. The minimum absolute atomic E-state index is 0.900. The molecule has 4 heterocycles. The van der Waals surface area contributed by atoms with E-state index in [1.165, 1.54) is 16.2 Å². The quantitative estimate of drug-likeness (QED) is 0.856. The molecule has 0 N–H and O–H groups in total. The van der Waals surface area contributed by atoms with Crippen molar-refractivity contribution in [3.05, 3.63) is 54.6 Å². The normalized spacial score (nSPS) is 18.8. The fourth-order valence-corrected chi connectivity index (χ4v) is 3.98. The maximum atomic E-state index is 4.58. The molecule has 0 unspecified atom stereocenters. The molecule has 2 aliphatic rings. The van der Waals surface area contributed by atoms with Crippen LogP contribution in [0.15, 0.2) is 49.1 Å². The van der Waals surface area contributed by atoms with Gasteiger partial charge in [-0.2, -0.15) is 0 Å². The lowest BCUT2D eigenvalue weighted by Gasteiger charge is -2.34. The number of pyridine rings is 2. The van der Waals surface area contributed by atoms with Crippen molar-refractivity contribution in [3.63, 3.8) is 0 Å². The van der Waals surface area contributed by atoms with E-state index in [4.69, 9.17) is 0 Å². The molecule has 1 saturated heterocycles. The van der Waals surface area contributed by atoms with E-state index >= 15 is 0 Å². The van der Waals surface area contributed by atoms with E-state index in [9.17, 15) is 0 Å². The predicted molar refractivity (Wildman–Crippen MR) is 101 cm³/mol. The fourth-order valence-electron chi connectivity index (χ4n) is 2.99. The summed E-state index contributed by atoms with van der Waals surface area (Å²) < 4.78 is 0. The average molecular weight is 339 g/mol. The van der Waals surface area contributed by atoms with Crippen molar-refractivity contribution < 1.29 is 0 Å². The van der Waals surface area contributed by atoms with Crippen LogP contribution in [0.1, 0.15) is 5.56 Å². The Kier molecular flexibility index (Phi) is 4.40. The summed E-state index contributed by atoms with van der Waals surface area (Å²) in [6.07, 6.45) is 7.79. The summed E-state index contributed by atoms with van der Waals surface area (Å²) in [5, 5.41) is 0. The Bertz CT molecular complexity index is 725. The molecule has 0 radical (unpaired) electrons. The Labute approximate surface area is 147 Å². The van der Waals surface area contributed by atoms with E-state index in [1.807, 2.05) is 30.4 Å². The number of hydrogen-bond acceptors (Lipinski definition) is 6. The number of thioether (sulfide) groups is 1. The van der Waals surface area contributed by atoms with E-state index in [0.717, 1.165) is 37.9 Å². The smallest absolute Gasteiger partial charge is 0.135 e. The number of hydrogen-bond donors (Lipinski definition) is 0. The van der Waals surface area contributed by atoms with Crippen LogP contribution in [0, 0.1) is 0 Å². The third kappa shape index (κ3) is 3.25. The number of rotatable bonds is 3. The fraction of sp³-hybridized carbons (Fsp3) is 0.333. The van der Waals surface area contributed by atoms with Gasteiger partial charge in [-0.25, -0.2) is 4.98 Å². The molecule has 24 heavy (non-hydrogen) atoms. The molecule has 0 bridgehead atoms. The standard InChI is InChI=1S/C18H21N5S/c1-21-8-10-22(11-9-21)16-4-7-20-18(12-16)23-13-17(24-14-23)15-2-5-19-6-3-15/h2-7,12-13H,8-11,14H2,1H3. The van der Waals surface area contributed by atoms with E-state index < -0.39 is 0 Å². The molecule has 2 aliphatic heterocycles.